The molecule has 0 aromatic rings. The van der Waals surface area contributed by atoms with Crippen LogP contribution in [0.25, 0.3) is 0 Å². The van der Waals surface area contributed by atoms with Gasteiger partial charge in [-0.15, -0.1) is 0 Å². The van der Waals surface area contributed by atoms with Gasteiger partial charge in [0.25, 0.3) is 0 Å². The molecule has 0 aromatic heterocycles. The Morgan fingerprint density at radius 2 is 2.17 bits per heavy atom. The van der Waals surface area contributed by atoms with Crippen molar-refractivity contribution in [2.45, 2.75) is 13.8 Å². The van der Waals surface area contributed by atoms with Gasteiger partial charge < -0.3 is 0 Å². The zero-order chi connectivity index (χ0) is 4.99. The minimum absolute atomic E-state index is 0.237. The quantitative estimate of drug-likeness (QED) is 0.460. The van der Waals surface area contributed by atoms with Gasteiger partial charge in [0.2, 0.25) is 0 Å². The highest BCUT2D eigenvalue weighted by molar-refractivity contribution is 7.25. The summed E-state index contributed by atoms with van der Waals surface area (Å²) in [5.41, 5.74) is 0. The van der Waals surface area contributed by atoms with Crippen LogP contribution < -0.4 is 0 Å². The van der Waals surface area contributed by atoms with E-state index in [2.05, 4.69) is 0 Å². The lowest BCUT2D eigenvalue weighted by Crippen LogP contribution is -1.80. The van der Waals surface area contributed by atoms with E-state index in [0.717, 1.165) is 0 Å². The van der Waals surface area contributed by atoms with Crippen LogP contribution in [0, 0.1) is 5.92 Å². The highest BCUT2D eigenvalue weighted by Gasteiger charge is 1.77. The van der Waals surface area contributed by atoms with Crippen molar-refractivity contribution >= 4 is 13.9 Å². The Labute approximate surface area is 39.2 Å². The second kappa shape index (κ2) is 3.17. The maximum absolute atomic E-state index is 9.71. The van der Waals surface area contributed by atoms with E-state index in [-0.39, 0.29) is 8.08 Å². The molecule has 6 heavy (non-hydrogen) atoms. The van der Waals surface area contributed by atoms with Crippen LogP contribution in [0.2, 0.25) is 0 Å². The largest absolute Gasteiger partial charge is 0.286 e. The Balaban J connectivity index is 3.29. The van der Waals surface area contributed by atoms with Gasteiger partial charge in [-0.3, -0.25) is 4.57 Å². The van der Waals surface area contributed by atoms with Crippen LogP contribution in [-0.2, 0) is 4.57 Å². The minimum atomic E-state index is -0.237. The predicted molar refractivity (Wildman–Crippen MR) is 29.9 cm³/mol. The van der Waals surface area contributed by atoms with E-state index in [1.54, 1.807) is 5.80 Å². The molecule has 0 spiro atoms. The average molecular weight is 104 g/mol. The van der Waals surface area contributed by atoms with Crippen molar-refractivity contribution in [3.8, 4) is 0 Å². The van der Waals surface area contributed by atoms with Crippen molar-refractivity contribution < 1.29 is 4.57 Å². The van der Waals surface area contributed by atoms with Gasteiger partial charge in [-0.2, -0.15) is 0 Å². The maximum atomic E-state index is 9.71. The monoisotopic (exact) mass is 104 g/mol. The molecule has 0 saturated heterocycles. The van der Waals surface area contributed by atoms with Gasteiger partial charge in [0, 0.05) is 0 Å². The zero-order valence-corrected chi connectivity index (χ0v) is 5.06. The van der Waals surface area contributed by atoms with Gasteiger partial charge in [-0.1, -0.05) is 13.8 Å². The summed E-state index contributed by atoms with van der Waals surface area (Å²) in [6, 6.07) is 0. The molecule has 0 bridgehead atoms. The first-order valence-electron chi connectivity index (χ1n) is 1.98. The van der Waals surface area contributed by atoms with Gasteiger partial charge in [0.15, 0.2) is 0 Å². The van der Waals surface area contributed by atoms with E-state index in [4.69, 9.17) is 0 Å². The molecule has 1 nitrogen and oxygen atoms in total. The van der Waals surface area contributed by atoms with Gasteiger partial charge in [-0.25, -0.2) is 0 Å². The fourth-order valence-corrected chi connectivity index (χ4v) is 0.408. The minimum Gasteiger partial charge on any atom is -0.286 e. The lowest BCUT2D eigenvalue weighted by Gasteiger charge is -1.83. The average Bonchev–Trinajstić information content (AvgIpc) is 1.35. The molecular formula is C4H9OP. The van der Waals surface area contributed by atoms with Crippen molar-refractivity contribution in [3.05, 3.63) is 0 Å². The summed E-state index contributed by atoms with van der Waals surface area (Å²) in [5.74, 6) is 2.24. The van der Waals surface area contributed by atoms with Crippen molar-refractivity contribution in [2.75, 3.05) is 0 Å². The molecule has 2 heteroatoms. The van der Waals surface area contributed by atoms with E-state index in [9.17, 15) is 4.57 Å². The maximum Gasteiger partial charge on any atom is 0.0789 e. The van der Waals surface area contributed by atoms with Crippen LogP contribution in [0.5, 0.6) is 0 Å². The normalized spacial score (nSPS) is 9.83. The first-order valence-corrected chi connectivity index (χ1v) is 2.97. The molecule has 0 heterocycles. The fraction of sp³-hybridized carbons (Fsp3) is 0.750. The van der Waals surface area contributed by atoms with E-state index in [0.29, 0.717) is 5.92 Å². The van der Waals surface area contributed by atoms with Crippen molar-refractivity contribution in [1.82, 2.24) is 0 Å². The van der Waals surface area contributed by atoms with Crippen LogP contribution in [0.15, 0.2) is 0 Å². The van der Waals surface area contributed by atoms with Crippen LogP contribution in [-0.4, -0.2) is 5.80 Å². The summed E-state index contributed by atoms with van der Waals surface area (Å²) < 4.78 is 9.71. The summed E-state index contributed by atoms with van der Waals surface area (Å²) in [4.78, 5) is 0. The van der Waals surface area contributed by atoms with E-state index in [1.807, 2.05) is 13.8 Å². The highest BCUT2D eigenvalue weighted by atomic mass is 31.0. The van der Waals surface area contributed by atoms with Crippen LogP contribution in [0.1, 0.15) is 13.8 Å². The Hall–Kier alpha value is -0.0300. The summed E-state index contributed by atoms with van der Waals surface area (Å²) in [6.07, 6.45) is 0. The van der Waals surface area contributed by atoms with Crippen molar-refractivity contribution in [2.24, 2.45) is 5.92 Å². The number of rotatable bonds is 1. The van der Waals surface area contributed by atoms with Gasteiger partial charge in [0.1, 0.15) is 0 Å². The molecule has 0 amide bonds. The lowest BCUT2D eigenvalue weighted by atomic mass is 10.3. The SMILES string of the molecule is CC(C)C=[PH]=O. The Morgan fingerprint density at radius 1 is 1.67 bits per heavy atom. The second-order valence-corrected chi connectivity index (χ2v) is 2.10. The van der Waals surface area contributed by atoms with Crippen molar-refractivity contribution in [1.29, 1.82) is 0 Å². The van der Waals surface area contributed by atoms with E-state index < -0.39 is 0 Å². The lowest BCUT2D eigenvalue weighted by molar-refractivity contribution is 0.605. The molecule has 36 valence electrons. The standard InChI is InChI=1S/C4H9OP/c1-4(2)3-6-5/h3-4,6H,1-2H3. The number of hydrogen-bond donors (Lipinski definition) is 0. The topological polar surface area (TPSA) is 17.1 Å². The molecule has 1 unspecified atom stereocenters. The third kappa shape index (κ3) is 3.97. The summed E-state index contributed by atoms with van der Waals surface area (Å²) >= 11 is 0. The first kappa shape index (κ1) is 5.97. The smallest absolute Gasteiger partial charge is 0.0789 e. The first-order chi connectivity index (χ1) is 2.77. The predicted octanol–water partition coefficient (Wildman–Crippen LogP) is 1.47. The second-order valence-electron chi connectivity index (χ2n) is 1.53. The summed E-state index contributed by atoms with van der Waals surface area (Å²) in [6.45, 7) is 4.01. The zero-order valence-electron chi connectivity index (χ0n) is 4.06. The van der Waals surface area contributed by atoms with Crippen molar-refractivity contribution in [3.63, 3.8) is 0 Å². The molecule has 0 aromatic carbocycles. The third-order valence-electron chi connectivity index (χ3n) is 0.401. The molecule has 0 N–H and O–H groups in total. The fourth-order valence-electron chi connectivity index (χ4n) is 0.136. The Bertz CT molecular complexity index is 71.6. The molecule has 0 saturated carbocycles. The molecule has 1 atom stereocenters. The molecular weight excluding hydrogens is 95.0 g/mol. The third-order valence-corrected chi connectivity index (χ3v) is 1.20. The molecule has 0 aliphatic rings. The number of hydrogen-bond acceptors (Lipinski definition) is 1. The Kier molecular flexibility index (Phi) is 3.16. The van der Waals surface area contributed by atoms with Gasteiger partial charge in [0.05, 0.1) is 8.08 Å². The molecule has 0 radical (unpaired) electrons. The van der Waals surface area contributed by atoms with Crippen LogP contribution in [0.4, 0.5) is 0 Å². The highest BCUT2D eigenvalue weighted by Crippen LogP contribution is 1.86. The summed E-state index contributed by atoms with van der Waals surface area (Å²) in [7, 11) is -0.237. The molecule has 0 fully saturated rings. The molecule has 0 aliphatic carbocycles. The van der Waals surface area contributed by atoms with Gasteiger partial charge >= 0.3 is 0 Å². The molecule has 0 aliphatic heterocycles. The van der Waals surface area contributed by atoms with E-state index >= 15 is 0 Å². The van der Waals surface area contributed by atoms with Crippen LogP contribution in [0.3, 0.4) is 0 Å². The Morgan fingerprint density at radius 3 is 2.17 bits per heavy atom. The van der Waals surface area contributed by atoms with Gasteiger partial charge in [-0.05, 0) is 11.7 Å². The van der Waals surface area contributed by atoms with E-state index in [1.165, 1.54) is 0 Å². The molecule has 0 rings (SSSR count). The van der Waals surface area contributed by atoms with Crippen LogP contribution >= 0.6 is 8.08 Å². The summed E-state index contributed by atoms with van der Waals surface area (Å²) in [5, 5.41) is 0.